The van der Waals surface area contributed by atoms with Gasteiger partial charge in [0, 0.05) is 11.8 Å². The number of hydrogen-bond acceptors (Lipinski definition) is 5. The number of furan rings is 1. The van der Waals surface area contributed by atoms with Crippen LogP contribution in [0.4, 0.5) is 0 Å². The summed E-state index contributed by atoms with van der Waals surface area (Å²) in [6.07, 6.45) is 12.3. The number of aromatic amines is 1. The Kier molecular flexibility index (Phi) is 3.96. The standard InChI is InChI=1S/C25H30N2O4/c1-23-13-15-14-26-27-20(15)12-16(23)5-6-17-18(23)7-9-24(2)19(17)8-10-25(24,29)31-22(28)21-4-3-11-30-21/h3-4,11-12,14,17-19,29H,5-10,13H2,1-2H3,(H,26,27). The molecule has 0 aromatic carbocycles. The lowest BCUT2D eigenvalue weighted by Gasteiger charge is -2.58. The maximum absolute atomic E-state index is 12.6. The number of nitrogens with zero attached hydrogens (tertiary/aromatic N) is 1. The second kappa shape index (κ2) is 6.35. The van der Waals surface area contributed by atoms with Crippen molar-refractivity contribution in [3.05, 3.63) is 47.2 Å². The van der Waals surface area contributed by atoms with Gasteiger partial charge < -0.3 is 14.3 Å². The average molecular weight is 423 g/mol. The molecule has 0 spiro atoms. The number of nitrogens with one attached hydrogen (secondary N) is 1. The van der Waals surface area contributed by atoms with Crippen LogP contribution in [-0.2, 0) is 11.2 Å². The quantitative estimate of drug-likeness (QED) is 0.540. The maximum atomic E-state index is 12.6. The number of esters is 1. The van der Waals surface area contributed by atoms with E-state index in [2.05, 4.69) is 30.1 Å². The van der Waals surface area contributed by atoms with Crippen molar-refractivity contribution in [2.24, 2.45) is 28.6 Å². The molecule has 2 N–H and O–H groups in total. The largest absolute Gasteiger partial charge is 0.457 e. The van der Waals surface area contributed by atoms with Crippen molar-refractivity contribution in [3.8, 4) is 0 Å². The molecule has 3 fully saturated rings. The van der Waals surface area contributed by atoms with E-state index >= 15 is 0 Å². The minimum atomic E-state index is -1.44. The molecule has 0 amide bonds. The fourth-order valence-corrected chi connectivity index (χ4v) is 7.71. The molecule has 2 aromatic heterocycles. The number of carbonyl (C=O) groups excluding carboxylic acids is 1. The van der Waals surface area contributed by atoms with Crippen LogP contribution in [0.1, 0.15) is 74.2 Å². The minimum Gasteiger partial charge on any atom is -0.457 e. The highest BCUT2D eigenvalue weighted by Crippen LogP contribution is 2.67. The van der Waals surface area contributed by atoms with Crippen LogP contribution in [0, 0.1) is 28.6 Å². The van der Waals surface area contributed by atoms with Gasteiger partial charge in [0.2, 0.25) is 11.5 Å². The molecule has 0 bridgehead atoms. The number of aliphatic hydroxyl groups is 1. The van der Waals surface area contributed by atoms with Gasteiger partial charge in [-0.25, -0.2) is 4.79 Å². The van der Waals surface area contributed by atoms with Crippen LogP contribution >= 0.6 is 0 Å². The molecule has 2 heterocycles. The van der Waals surface area contributed by atoms with Crippen LogP contribution in [0.25, 0.3) is 6.08 Å². The van der Waals surface area contributed by atoms with Gasteiger partial charge in [-0.1, -0.05) is 19.4 Å². The van der Waals surface area contributed by atoms with E-state index in [1.165, 1.54) is 17.5 Å². The van der Waals surface area contributed by atoms with Crippen LogP contribution < -0.4 is 0 Å². The first-order valence-corrected chi connectivity index (χ1v) is 11.6. The smallest absolute Gasteiger partial charge is 0.376 e. The molecule has 164 valence electrons. The SMILES string of the molecule is CC12Cc3cn[nH]c3C=C1CCC1C2CCC2(C)C1CCC2(O)OC(=O)c1ccco1. The molecule has 0 saturated heterocycles. The van der Waals surface area contributed by atoms with Crippen molar-refractivity contribution in [1.82, 2.24) is 10.2 Å². The Morgan fingerprint density at radius 3 is 2.90 bits per heavy atom. The van der Waals surface area contributed by atoms with Gasteiger partial charge >= 0.3 is 5.97 Å². The molecule has 6 nitrogen and oxygen atoms in total. The van der Waals surface area contributed by atoms with Crippen molar-refractivity contribution in [2.75, 3.05) is 0 Å². The van der Waals surface area contributed by atoms with E-state index in [9.17, 15) is 9.90 Å². The summed E-state index contributed by atoms with van der Waals surface area (Å²) in [6.45, 7) is 4.57. The molecule has 6 unspecified atom stereocenters. The summed E-state index contributed by atoms with van der Waals surface area (Å²) < 4.78 is 11.0. The second-order valence-electron chi connectivity index (χ2n) is 10.6. The zero-order chi connectivity index (χ0) is 21.4. The Morgan fingerprint density at radius 2 is 2.10 bits per heavy atom. The summed E-state index contributed by atoms with van der Waals surface area (Å²) in [7, 11) is 0. The molecule has 3 saturated carbocycles. The number of fused-ring (bicyclic) bond motifs is 6. The molecule has 6 rings (SSSR count). The highest BCUT2D eigenvalue weighted by molar-refractivity contribution is 5.86. The molecule has 4 aliphatic rings. The minimum absolute atomic E-state index is 0.146. The molecule has 0 radical (unpaired) electrons. The van der Waals surface area contributed by atoms with Crippen LogP contribution in [0.2, 0.25) is 0 Å². The van der Waals surface area contributed by atoms with E-state index < -0.39 is 17.2 Å². The Labute approximate surface area is 182 Å². The molecular weight excluding hydrogens is 392 g/mol. The van der Waals surface area contributed by atoms with E-state index in [0.717, 1.165) is 38.5 Å². The predicted octanol–water partition coefficient (Wildman–Crippen LogP) is 4.73. The van der Waals surface area contributed by atoms with Gasteiger partial charge in [-0.15, -0.1) is 0 Å². The number of H-pyrrole nitrogens is 1. The number of ether oxygens (including phenoxy) is 1. The van der Waals surface area contributed by atoms with Crippen LogP contribution in [0.5, 0.6) is 0 Å². The molecule has 6 atom stereocenters. The van der Waals surface area contributed by atoms with Gasteiger partial charge in [-0.2, -0.15) is 5.10 Å². The molecule has 2 aromatic rings. The normalized spacial score (nSPS) is 40.9. The number of allylic oxidation sites excluding steroid dienone is 1. The Hall–Kier alpha value is -2.34. The maximum Gasteiger partial charge on any atom is 0.376 e. The number of aromatic nitrogens is 2. The average Bonchev–Trinajstić information content (AvgIpc) is 3.46. The molecule has 0 aliphatic heterocycles. The third-order valence-corrected chi connectivity index (χ3v) is 9.42. The van der Waals surface area contributed by atoms with E-state index in [4.69, 9.17) is 9.15 Å². The van der Waals surface area contributed by atoms with E-state index in [-0.39, 0.29) is 11.2 Å². The lowest BCUT2D eigenvalue weighted by Crippen LogP contribution is -2.56. The summed E-state index contributed by atoms with van der Waals surface area (Å²) in [5.41, 5.74) is 3.75. The van der Waals surface area contributed by atoms with Gasteiger partial charge in [0.15, 0.2) is 0 Å². The highest BCUT2D eigenvalue weighted by Gasteiger charge is 2.66. The van der Waals surface area contributed by atoms with Crippen LogP contribution in [-0.4, -0.2) is 27.1 Å². The van der Waals surface area contributed by atoms with E-state index in [1.807, 2.05) is 6.20 Å². The fraction of sp³-hybridized carbons (Fsp3) is 0.600. The van der Waals surface area contributed by atoms with Crippen molar-refractivity contribution in [3.63, 3.8) is 0 Å². The van der Waals surface area contributed by atoms with Gasteiger partial charge in [-0.05, 0) is 85.5 Å². The zero-order valence-corrected chi connectivity index (χ0v) is 18.2. The Balaban J connectivity index is 1.29. The third kappa shape index (κ3) is 2.54. The second-order valence-corrected chi connectivity index (χ2v) is 10.6. The van der Waals surface area contributed by atoms with Gasteiger partial charge in [0.25, 0.3) is 0 Å². The molecule has 31 heavy (non-hydrogen) atoms. The molecule has 4 aliphatic carbocycles. The number of rotatable bonds is 2. The zero-order valence-electron chi connectivity index (χ0n) is 18.2. The molecule has 6 heteroatoms. The van der Waals surface area contributed by atoms with Crippen molar-refractivity contribution >= 4 is 12.0 Å². The van der Waals surface area contributed by atoms with Crippen LogP contribution in [0.15, 0.2) is 34.6 Å². The van der Waals surface area contributed by atoms with Gasteiger partial charge in [0.05, 0.1) is 18.2 Å². The summed E-state index contributed by atoms with van der Waals surface area (Å²) in [6, 6.07) is 3.24. The first-order valence-electron chi connectivity index (χ1n) is 11.6. The first kappa shape index (κ1) is 19.4. The first-order chi connectivity index (χ1) is 14.8. The Morgan fingerprint density at radius 1 is 1.26 bits per heavy atom. The highest BCUT2D eigenvalue weighted by atomic mass is 16.7. The lowest BCUT2D eigenvalue weighted by atomic mass is 9.47. The van der Waals surface area contributed by atoms with E-state index in [0.29, 0.717) is 24.2 Å². The summed E-state index contributed by atoms with van der Waals surface area (Å²) in [4.78, 5) is 12.6. The number of carbonyl (C=O) groups is 1. The predicted molar refractivity (Wildman–Crippen MR) is 114 cm³/mol. The van der Waals surface area contributed by atoms with E-state index in [1.54, 1.807) is 17.7 Å². The summed E-state index contributed by atoms with van der Waals surface area (Å²) in [5.74, 6) is -0.398. The fourth-order valence-electron chi connectivity index (χ4n) is 7.71. The topological polar surface area (TPSA) is 88.4 Å². The Bertz CT molecular complexity index is 1060. The van der Waals surface area contributed by atoms with Crippen molar-refractivity contribution in [2.45, 2.75) is 64.6 Å². The van der Waals surface area contributed by atoms with Crippen molar-refractivity contribution < 1.29 is 19.1 Å². The van der Waals surface area contributed by atoms with Gasteiger partial charge in [0.1, 0.15) is 0 Å². The van der Waals surface area contributed by atoms with Gasteiger partial charge in [-0.3, -0.25) is 5.10 Å². The molecular formula is C25H30N2O4. The summed E-state index contributed by atoms with van der Waals surface area (Å²) >= 11 is 0. The summed E-state index contributed by atoms with van der Waals surface area (Å²) in [5, 5.41) is 19.0. The third-order valence-electron chi connectivity index (χ3n) is 9.42. The lowest BCUT2D eigenvalue weighted by molar-refractivity contribution is -0.246. The monoisotopic (exact) mass is 422 g/mol. The van der Waals surface area contributed by atoms with Crippen molar-refractivity contribution in [1.29, 1.82) is 0 Å². The van der Waals surface area contributed by atoms with Crippen LogP contribution in [0.3, 0.4) is 0 Å². The number of hydrogen-bond donors (Lipinski definition) is 2.